The number of aromatic nitrogens is 2. The first-order chi connectivity index (χ1) is 17.2. The molecule has 0 spiro atoms. The van der Waals surface area contributed by atoms with E-state index in [-0.39, 0.29) is 12.0 Å². The molecular formula is C30H28N2O3. The van der Waals surface area contributed by atoms with Gasteiger partial charge in [-0.15, -0.1) is 0 Å². The minimum Gasteiger partial charge on any atom is -0.460 e. The number of rotatable bonds is 7. The predicted molar refractivity (Wildman–Crippen MR) is 137 cm³/mol. The van der Waals surface area contributed by atoms with Gasteiger partial charge in [0, 0.05) is 24.9 Å². The van der Waals surface area contributed by atoms with E-state index >= 15 is 0 Å². The second-order valence-corrected chi connectivity index (χ2v) is 8.61. The zero-order valence-electron chi connectivity index (χ0n) is 19.8. The van der Waals surface area contributed by atoms with E-state index in [4.69, 9.17) is 9.47 Å². The Bertz CT molecular complexity index is 1290. The van der Waals surface area contributed by atoms with Gasteiger partial charge < -0.3 is 9.47 Å². The number of carbonyl (C=O) groups excluding carboxylic acids is 1. The van der Waals surface area contributed by atoms with Crippen LogP contribution in [0.5, 0.6) is 11.8 Å². The smallest absolute Gasteiger partial charge is 0.308 e. The lowest BCUT2D eigenvalue weighted by atomic mass is 9.86. The average Bonchev–Trinajstić information content (AvgIpc) is 3.33. The molecule has 1 aromatic heterocycles. The van der Waals surface area contributed by atoms with Gasteiger partial charge in [0.2, 0.25) is 0 Å². The lowest BCUT2D eigenvalue weighted by molar-refractivity contribution is -0.131. The van der Waals surface area contributed by atoms with Crippen molar-refractivity contribution in [3.63, 3.8) is 0 Å². The zero-order chi connectivity index (χ0) is 24.0. The summed E-state index contributed by atoms with van der Waals surface area (Å²) in [6, 6.07) is 27.2. The van der Waals surface area contributed by atoms with Gasteiger partial charge in [-0.3, -0.25) is 9.36 Å². The van der Waals surface area contributed by atoms with Crippen molar-refractivity contribution in [3.05, 3.63) is 120 Å². The van der Waals surface area contributed by atoms with Crippen molar-refractivity contribution >= 4 is 11.5 Å². The Morgan fingerprint density at radius 2 is 1.69 bits per heavy atom. The van der Waals surface area contributed by atoms with Gasteiger partial charge in [-0.05, 0) is 53.7 Å². The molecule has 0 unspecified atom stereocenters. The number of fused-ring (bicyclic) bond motifs is 1. The van der Waals surface area contributed by atoms with Crippen LogP contribution in [0.2, 0.25) is 0 Å². The van der Waals surface area contributed by atoms with E-state index < -0.39 is 0 Å². The van der Waals surface area contributed by atoms with Gasteiger partial charge in [0.25, 0.3) is 6.01 Å². The Balaban J connectivity index is 1.40. The molecule has 5 rings (SSSR count). The number of carbonyl (C=O) groups is 1. The summed E-state index contributed by atoms with van der Waals surface area (Å²) in [5, 5.41) is 0. The average molecular weight is 465 g/mol. The third-order valence-electron chi connectivity index (χ3n) is 6.29. The van der Waals surface area contributed by atoms with Gasteiger partial charge >= 0.3 is 5.97 Å². The molecule has 4 aromatic rings. The number of ether oxygens (including phenoxy) is 2. The van der Waals surface area contributed by atoms with Crippen LogP contribution in [-0.2, 0) is 11.2 Å². The van der Waals surface area contributed by atoms with E-state index in [2.05, 4.69) is 70.2 Å². The summed E-state index contributed by atoms with van der Waals surface area (Å²) in [7, 11) is 0. The molecule has 1 aliphatic carbocycles. The number of esters is 1. The first kappa shape index (κ1) is 22.7. The Morgan fingerprint density at radius 3 is 2.37 bits per heavy atom. The Morgan fingerprint density at radius 1 is 0.971 bits per heavy atom. The molecule has 0 bridgehead atoms. The first-order valence-electron chi connectivity index (χ1n) is 12.0. The summed E-state index contributed by atoms with van der Waals surface area (Å²) in [6.07, 6.45) is 8.74. The fraction of sp³-hybridized carbons (Fsp3) is 0.200. The third kappa shape index (κ3) is 5.04. The molecule has 5 nitrogen and oxygen atoms in total. The van der Waals surface area contributed by atoms with Crippen LogP contribution in [0.25, 0.3) is 5.57 Å². The first-order valence-corrected chi connectivity index (χ1v) is 12.0. The maximum absolute atomic E-state index is 11.5. The van der Waals surface area contributed by atoms with Crippen molar-refractivity contribution in [1.82, 2.24) is 9.55 Å². The highest BCUT2D eigenvalue weighted by molar-refractivity contribution is 5.75. The number of hydrogen-bond donors (Lipinski definition) is 0. The summed E-state index contributed by atoms with van der Waals surface area (Å²) in [5.41, 5.74) is 5.77. The van der Waals surface area contributed by atoms with Crippen molar-refractivity contribution in [2.24, 2.45) is 0 Å². The Kier molecular flexibility index (Phi) is 6.75. The molecule has 0 N–H and O–H groups in total. The summed E-state index contributed by atoms with van der Waals surface area (Å²) >= 11 is 0. The molecule has 1 heterocycles. The van der Waals surface area contributed by atoms with Gasteiger partial charge in [-0.25, -0.2) is 4.98 Å². The molecule has 1 aliphatic rings. The number of benzene rings is 3. The van der Waals surface area contributed by atoms with E-state index in [0.717, 1.165) is 30.4 Å². The van der Waals surface area contributed by atoms with Crippen molar-refractivity contribution < 1.29 is 14.3 Å². The second-order valence-electron chi connectivity index (χ2n) is 8.61. The molecule has 0 saturated carbocycles. The van der Waals surface area contributed by atoms with Gasteiger partial charge in [-0.2, -0.15) is 0 Å². The normalized spacial score (nSPS) is 14.1. The SMILES string of the molecule is CC(=O)Oc1cccc2c1CCCC2=CCOc1nccn1C(c1ccccc1)c1ccccc1. The summed E-state index contributed by atoms with van der Waals surface area (Å²) in [5.74, 6) is 0.363. The molecule has 0 atom stereocenters. The lowest BCUT2D eigenvalue weighted by Crippen LogP contribution is -2.14. The number of hydrogen-bond acceptors (Lipinski definition) is 4. The van der Waals surface area contributed by atoms with Crippen molar-refractivity contribution in [3.8, 4) is 11.8 Å². The molecule has 176 valence electrons. The second kappa shape index (κ2) is 10.4. The molecule has 0 amide bonds. The van der Waals surface area contributed by atoms with Gasteiger partial charge in [0.1, 0.15) is 12.4 Å². The largest absolute Gasteiger partial charge is 0.460 e. The van der Waals surface area contributed by atoms with E-state index in [0.29, 0.717) is 18.4 Å². The molecule has 0 radical (unpaired) electrons. The van der Waals surface area contributed by atoms with Crippen LogP contribution >= 0.6 is 0 Å². The number of imidazole rings is 1. The molecule has 0 fully saturated rings. The zero-order valence-corrected chi connectivity index (χ0v) is 19.8. The standard InChI is InChI=1S/C30H28N2O3/c1-22(33)35-28-17-9-15-26-23(14-8-16-27(26)28)18-21-34-30-31-19-20-32(30)29(24-10-4-2-5-11-24)25-12-6-3-7-13-25/h2-7,9-13,15,17-20,29H,8,14,16,21H2,1H3. The Labute approximate surface area is 205 Å². The number of nitrogens with zero attached hydrogens (tertiary/aromatic N) is 2. The maximum atomic E-state index is 11.5. The van der Waals surface area contributed by atoms with Crippen molar-refractivity contribution in [1.29, 1.82) is 0 Å². The van der Waals surface area contributed by atoms with E-state index in [1.807, 2.05) is 30.5 Å². The molecular weight excluding hydrogens is 436 g/mol. The fourth-order valence-electron chi connectivity index (χ4n) is 4.79. The topological polar surface area (TPSA) is 53.4 Å². The minimum absolute atomic E-state index is 0.0377. The van der Waals surface area contributed by atoms with Crippen LogP contribution in [0.4, 0.5) is 0 Å². The molecule has 0 saturated heterocycles. The van der Waals surface area contributed by atoms with Crippen LogP contribution in [0, 0.1) is 0 Å². The quantitative estimate of drug-likeness (QED) is 0.240. The summed E-state index contributed by atoms with van der Waals surface area (Å²) in [4.78, 5) is 16.0. The fourth-order valence-corrected chi connectivity index (χ4v) is 4.79. The van der Waals surface area contributed by atoms with Gasteiger partial charge in [0.05, 0.1) is 6.04 Å². The van der Waals surface area contributed by atoms with Gasteiger partial charge in [-0.1, -0.05) is 72.8 Å². The van der Waals surface area contributed by atoms with E-state index in [1.165, 1.54) is 23.6 Å². The highest BCUT2D eigenvalue weighted by Gasteiger charge is 2.21. The van der Waals surface area contributed by atoms with Crippen LogP contribution < -0.4 is 9.47 Å². The number of allylic oxidation sites excluding steroid dienone is 1. The Hall–Kier alpha value is -4.12. The third-order valence-corrected chi connectivity index (χ3v) is 6.29. The van der Waals surface area contributed by atoms with Crippen molar-refractivity contribution in [2.75, 3.05) is 6.61 Å². The van der Waals surface area contributed by atoms with E-state index in [1.54, 1.807) is 6.20 Å². The van der Waals surface area contributed by atoms with Crippen LogP contribution in [0.15, 0.2) is 97.3 Å². The highest BCUT2D eigenvalue weighted by Crippen LogP contribution is 2.36. The maximum Gasteiger partial charge on any atom is 0.308 e. The van der Waals surface area contributed by atoms with Crippen molar-refractivity contribution in [2.45, 2.75) is 32.2 Å². The van der Waals surface area contributed by atoms with E-state index in [9.17, 15) is 4.79 Å². The van der Waals surface area contributed by atoms with Gasteiger partial charge in [0.15, 0.2) is 0 Å². The molecule has 0 aliphatic heterocycles. The highest BCUT2D eigenvalue weighted by atomic mass is 16.5. The monoisotopic (exact) mass is 464 g/mol. The molecule has 5 heteroatoms. The lowest BCUT2D eigenvalue weighted by Gasteiger charge is -2.22. The van der Waals surface area contributed by atoms with Crippen LogP contribution in [-0.4, -0.2) is 22.1 Å². The van der Waals surface area contributed by atoms with Crippen LogP contribution in [0.1, 0.15) is 48.1 Å². The summed E-state index contributed by atoms with van der Waals surface area (Å²) in [6.45, 7) is 1.84. The predicted octanol–water partition coefficient (Wildman–Crippen LogP) is 6.24. The minimum atomic E-state index is -0.295. The molecule has 35 heavy (non-hydrogen) atoms. The summed E-state index contributed by atoms with van der Waals surface area (Å²) < 4.78 is 13.7. The van der Waals surface area contributed by atoms with Crippen LogP contribution in [0.3, 0.4) is 0 Å². The molecule has 3 aromatic carbocycles.